The molecule has 1 aromatic carbocycles. The van der Waals surface area contributed by atoms with Gasteiger partial charge in [-0.15, -0.1) is 0 Å². The molecule has 0 aromatic heterocycles. The van der Waals surface area contributed by atoms with Crippen molar-refractivity contribution >= 4 is 27.6 Å². The Kier molecular flexibility index (Phi) is 4.05. The van der Waals surface area contributed by atoms with Gasteiger partial charge in [-0.2, -0.15) is 0 Å². The summed E-state index contributed by atoms with van der Waals surface area (Å²) in [6.07, 6.45) is 4.84. The highest BCUT2D eigenvalue weighted by Crippen LogP contribution is 2.25. The Labute approximate surface area is 109 Å². The number of benzene rings is 1. The van der Waals surface area contributed by atoms with Crippen molar-refractivity contribution in [2.24, 2.45) is 5.92 Å². The SMILES string of the molecule is Nc1ccc(Br)cc1C(=O)OCC1CCCC1. The third-order valence-electron chi connectivity index (χ3n) is 3.16. The van der Waals surface area contributed by atoms with E-state index in [-0.39, 0.29) is 5.97 Å². The van der Waals surface area contributed by atoms with Crippen LogP contribution >= 0.6 is 15.9 Å². The van der Waals surface area contributed by atoms with Crippen LogP contribution in [0.2, 0.25) is 0 Å². The van der Waals surface area contributed by atoms with Gasteiger partial charge in [0, 0.05) is 10.2 Å². The number of hydrogen-bond donors (Lipinski definition) is 1. The largest absolute Gasteiger partial charge is 0.462 e. The van der Waals surface area contributed by atoms with E-state index in [0.29, 0.717) is 23.8 Å². The van der Waals surface area contributed by atoms with Crippen LogP contribution < -0.4 is 5.73 Å². The molecule has 0 unspecified atom stereocenters. The lowest BCUT2D eigenvalue weighted by atomic mass is 10.1. The van der Waals surface area contributed by atoms with E-state index in [1.807, 2.05) is 6.07 Å². The number of carbonyl (C=O) groups is 1. The summed E-state index contributed by atoms with van der Waals surface area (Å²) in [5.74, 6) is 0.211. The first-order valence-electron chi connectivity index (χ1n) is 5.89. The van der Waals surface area contributed by atoms with E-state index in [2.05, 4.69) is 15.9 Å². The first-order chi connectivity index (χ1) is 8.16. The van der Waals surface area contributed by atoms with Crippen molar-refractivity contribution in [1.29, 1.82) is 0 Å². The van der Waals surface area contributed by atoms with Crippen LogP contribution in [0, 0.1) is 5.92 Å². The monoisotopic (exact) mass is 297 g/mol. The van der Waals surface area contributed by atoms with Crippen molar-refractivity contribution in [3.63, 3.8) is 0 Å². The lowest BCUT2D eigenvalue weighted by Gasteiger charge is -2.11. The van der Waals surface area contributed by atoms with Crippen molar-refractivity contribution in [2.45, 2.75) is 25.7 Å². The second-order valence-electron chi connectivity index (χ2n) is 4.48. The van der Waals surface area contributed by atoms with Crippen LogP contribution in [-0.2, 0) is 4.74 Å². The maximum Gasteiger partial charge on any atom is 0.340 e. The zero-order valence-electron chi connectivity index (χ0n) is 9.62. The van der Waals surface area contributed by atoms with Gasteiger partial charge in [-0.1, -0.05) is 28.8 Å². The summed E-state index contributed by atoms with van der Waals surface area (Å²) in [5.41, 5.74) is 6.66. The van der Waals surface area contributed by atoms with Crippen LogP contribution in [0.1, 0.15) is 36.0 Å². The van der Waals surface area contributed by atoms with E-state index in [1.165, 1.54) is 25.7 Å². The van der Waals surface area contributed by atoms with Gasteiger partial charge in [0.15, 0.2) is 0 Å². The summed E-state index contributed by atoms with van der Waals surface area (Å²) in [6, 6.07) is 5.21. The van der Waals surface area contributed by atoms with Crippen molar-refractivity contribution in [2.75, 3.05) is 12.3 Å². The summed E-state index contributed by atoms with van der Waals surface area (Å²) < 4.78 is 6.14. The number of hydrogen-bond acceptors (Lipinski definition) is 3. The Morgan fingerprint density at radius 1 is 1.41 bits per heavy atom. The molecule has 3 nitrogen and oxygen atoms in total. The first-order valence-corrected chi connectivity index (χ1v) is 6.68. The Morgan fingerprint density at radius 2 is 2.12 bits per heavy atom. The highest BCUT2D eigenvalue weighted by atomic mass is 79.9. The van der Waals surface area contributed by atoms with E-state index in [0.717, 1.165) is 4.47 Å². The summed E-state index contributed by atoms with van der Waals surface area (Å²) in [5, 5.41) is 0. The summed E-state index contributed by atoms with van der Waals surface area (Å²) >= 11 is 3.32. The molecule has 0 radical (unpaired) electrons. The van der Waals surface area contributed by atoms with E-state index in [1.54, 1.807) is 12.1 Å². The zero-order chi connectivity index (χ0) is 12.3. The average molecular weight is 298 g/mol. The predicted molar refractivity (Wildman–Crippen MR) is 70.8 cm³/mol. The molecule has 2 N–H and O–H groups in total. The number of anilines is 1. The van der Waals surface area contributed by atoms with Gasteiger partial charge in [0.1, 0.15) is 0 Å². The number of esters is 1. The second kappa shape index (κ2) is 5.54. The molecular formula is C13H16BrNO2. The van der Waals surface area contributed by atoms with Gasteiger partial charge in [0.05, 0.1) is 12.2 Å². The summed E-state index contributed by atoms with van der Waals surface area (Å²) in [7, 11) is 0. The third kappa shape index (κ3) is 3.22. The Hall–Kier alpha value is -1.03. The number of halogens is 1. The van der Waals surface area contributed by atoms with Crippen LogP contribution in [0.3, 0.4) is 0 Å². The minimum Gasteiger partial charge on any atom is -0.462 e. The summed E-state index contributed by atoms with van der Waals surface area (Å²) in [4.78, 5) is 11.9. The van der Waals surface area contributed by atoms with Crippen molar-refractivity contribution in [3.05, 3.63) is 28.2 Å². The highest BCUT2D eigenvalue weighted by Gasteiger charge is 2.18. The van der Waals surface area contributed by atoms with Gasteiger partial charge >= 0.3 is 5.97 Å². The first kappa shape index (κ1) is 12.4. The number of rotatable bonds is 3. The van der Waals surface area contributed by atoms with Gasteiger partial charge in [-0.25, -0.2) is 4.79 Å². The summed E-state index contributed by atoms with van der Waals surface area (Å²) in [6.45, 7) is 0.519. The fourth-order valence-corrected chi connectivity index (χ4v) is 2.51. The Morgan fingerprint density at radius 3 is 2.82 bits per heavy atom. The highest BCUT2D eigenvalue weighted by molar-refractivity contribution is 9.10. The van der Waals surface area contributed by atoms with Gasteiger partial charge in [-0.05, 0) is 37.0 Å². The molecule has 0 heterocycles. The molecule has 0 spiro atoms. The second-order valence-corrected chi connectivity index (χ2v) is 5.40. The van der Waals surface area contributed by atoms with Crippen molar-refractivity contribution in [1.82, 2.24) is 0 Å². The zero-order valence-corrected chi connectivity index (χ0v) is 11.2. The number of nitrogen functional groups attached to an aromatic ring is 1. The molecule has 0 aliphatic heterocycles. The predicted octanol–water partition coefficient (Wildman–Crippen LogP) is 3.38. The lowest BCUT2D eigenvalue weighted by molar-refractivity contribution is 0.0444. The van der Waals surface area contributed by atoms with Gasteiger partial charge in [-0.3, -0.25) is 0 Å². The molecular weight excluding hydrogens is 282 g/mol. The number of carbonyl (C=O) groups excluding carboxylic acids is 1. The molecule has 0 amide bonds. The molecule has 4 heteroatoms. The average Bonchev–Trinajstić information content (AvgIpc) is 2.82. The molecule has 92 valence electrons. The van der Waals surface area contributed by atoms with E-state index < -0.39 is 0 Å². The number of ether oxygens (including phenoxy) is 1. The standard InChI is InChI=1S/C13H16BrNO2/c14-10-5-6-12(15)11(7-10)13(16)17-8-9-3-1-2-4-9/h5-7,9H,1-4,8,15H2. The molecule has 17 heavy (non-hydrogen) atoms. The topological polar surface area (TPSA) is 52.3 Å². The van der Waals surface area contributed by atoms with Crippen LogP contribution in [0.15, 0.2) is 22.7 Å². The third-order valence-corrected chi connectivity index (χ3v) is 3.65. The van der Waals surface area contributed by atoms with E-state index in [4.69, 9.17) is 10.5 Å². The van der Waals surface area contributed by atoms with Crippen molar-refractivity contribution < 1.29 is 9.53 Å². The molecule has 0 atom stereocenters. The maximum atomic E-state index is 11.9. The Bertz CT molecular complexity index is 414. The van der Waals surface area contributed by atoms with Gasteiger partial charge in [0.2, 0.25) is 0 Å². The molecule has 1 saturated carbocycles. The molecule has 2 rings (SSSR count). The Balaban J connectivity index is 1.96. The lowest BCUT2D eigenvalue weighted by Crippen LogP contribution is -2.13. The minimum absolute atomic E-state index is 0.323. The molecule has 1 fully saturated rings. The minimum atomic E-state index is -0.323. The maximum absolute atomic E-state index is 11.9. The quantitative estimate of drug-likeness (QED) is 0.687. The fraction of sp³-hybridized carbons (Fsp3) is 0.462. The molecule has 0 saturated heterocycles. The van der Waals surface area contributed by atoms with Crippen LogP contribution in [0.5, 0.6) is 0 Å². The fourth-order valence-electron chi connectivity index (χ4n) is 2.15. The van der Waals surface area contributed by atoms with Gasteiger partial charge in [0.25, 0.3) is 0 Å². The van der Waals surface area contributed by atoms with E-state index in [9.17, 15) is 4.79 Å². The molecule has 1 aliphatic carbocycles. The molecule has 1 aromatic rings. The van der Waals surface area contributed by atoms with Gasteiger partial charge < -0.3 is 10.5 Å². The molecule has 0 bridgehead atoms. The van der Waals surface area contributed by atoms with Crippen LogP contribution in [0.4, 0.5) is 5.69 Å². The number of nitrogens with two attached hydrogens (primary N) is 1. The van der Waals surface area contributed by atoms with Crippen LogP contribution in [0.25, 0.3) is 0 Å². The van der Waals surface area contributed by atoms with E-state index >= 15 is 0 Å². The van der Waals surface area contributed by atoms with Crippen molar-refractivity contribution in [3.8, 4) is 0 Å². The smallest absolute Gasteiger partial charge is 0.340 e. The van der Waals surface area contributed by atoms with Crippen LogP contribution in [-0.4, -0.2) is 12.6 Å². The molecule has 1 aliphatic rings. The normalized spacial score (nSPS) is 16.1.